The van der Waals surface area contributed by atoms with Crippen molar-refractivity contribution >= 4 is 60.1 Å². The van der Waals surface area contributed by atoms with Gasteiger partial charge < -0.3 is 14.5 Å². The molecule has 15 heteroatoms. The number of anilines is 1. The number of rotatable bonds is 9. The van der Waals surface area contributed by atoms with E-state index in [0.29, 0.717) is 46.0 Å². The SMILES string of the molecule is CCOC(=O)C1CN(S(=O)(=O)c2ccc3cc(Cl)ccc3c2)C(OS(C)(=O)=O)C(=O)N1CC1CCN(c2ccncc2)CC1. The first-order valence-corrected chi connectivity index (χ1v) is 17.7. The van der Waals surface area contributed by atoms with Gasteiger partial charge in [0.15, 0.2) is 0 Å². The molecule has 1 amide bonds. The van der Waals surface area contributed by atoms with E-state index >= 15 is 0 Å². The standard InChI is InChI=1S/C29H33ClN4O8S2/c1-3-41-29(36)26-19-34(44(39,40)25-7-5-21-16-23(30)6-4-22(21)17-25)28(42-43(2,37)38)27(35)33(26)18-20-10-14-32(15-11-20)24-8-12-31-13-9-24/h4-9,12-13,16-17,20,26,28H,3,10-11,14-15,18-19H2,1-2H3. The molecule has 0 saturated carbocycles. The molecule has 2 aliphatic rings. The number of pyridine rings is 1. The number of halogens is 1. The number of carbonyl (C=O) groups is 2. The summed E-state index contributed by atoms with van der Waals surface area (Å²) in [5.74, 6) is -1.78. The lowest BCUT2D eigenvalue weighted by molar-refractivity contribution is -0.167. The highest BCUT2D eigenvalue weighted by molar-refractivity contribution is 7.89. The monoisotopic (exact) mass is 664 g/mol. The normalized spacial score (nSPS) is 20.7. The smallest absolute Gasteiger partial charge is 0.330 e. The van der Waals surface area contributed by atoms with Gasteiger partial charge in [-0.3, -0.25) is 9.78 Å². The van der Waals surface area contributed by atoms with Crippen LogP contribution in [-0.4, -0.2) is 94.2 Å². The van der Waals surface area contributed by atoms with Crippen LogP contribution in [0.2, 0.25) is 5.02 Å². The van der Waals surface area contributed by atoms with Crippen molar-refractivity contribution in [2.45, 2.75) is 36.9 Å². The van der Waals surface area contributed by atoms with Gasteiger partial charge in [-0.1, -0.05) is 23.7 Å². The summed E-state index contributed by atoms with van der Waals surface area (Å²) < 4.78 is 63.7. The summed E-state index contributed by atoms with van der Waals surface area (Å²) in [4.78, 5) is 34.5. The number of fused-ring (bicyclic) bond motifs is 1. The van der Waals surface area contributed by atoms with Crippen LogP contribution in [0.3, 0.4) is 0 Å². The highest BCUT2D eigenvalue weighted by atomic mass is 35.5. The maximum absolute atomic E-state index is 14.0. The zero-order valence-electron chi connectivity index (χ0n) is 24.2. The molecule has 2 saturated heterocycles. The van der Waals surface area contributed by atoms with Gasteiger partial charge in [0.1, 0.15) is 6.04 Å². The Labute approximate surface area is 261 Å². The molecular weight excluding hydrogens is 632 g/mol. The number of hydrogen-bond donors (Lipinski definition) is 0. The zero-order valence-corrected chi connectivity index (χ0v) is 26.6. The maximum Gasteiger partial charge on any atom is 0.330 e. The second-order valence-corrected chi connectivity index (χ2v) is 14.7. The van der Waals surface area contributed by atoms with Crippen LogP contribution >= 0.6 is 11.6 Å². The van der Waals surface area contributed by atoms with Crippen LogP contribution in [0, 0.1) is 5.92 Å². The van der Waals surface area contributed by atoms with E-state index < -0.39 is 50.8 Å². The van der Waals surface area contributed by atoms with E-state index in [1.165, 1.54) is 17.0 Å². The zero-order chi connectivity index (χ0) is 31.6. The summed E-state index contributed by atoms with van der Waals surface area (Å²) in [5.41, 5.74) is 1.02. The molecule has 44 heavy (non-hydrogen) atoms. The molecule has 3 heterocycles. The number of piperidine rings is 1. The molecule has 236 valence electrons. The number of piperazine rings is 1. The van der Waals surface area contributed by atoms with E-state index in [9.17, 15) is 26.4 Å². The fraction of sp³-hybridized carbons (Fsp3) is 0.414. The van der Waals surface area contributed by atoms with Crippen molar-refractivity contribution < 1.29 is 35.3 Å². The third-order valence-electron chi connectivity index (χ3n) is 7.79. The lowest BCUT2D eigenvalue weighted by Crippen LogP contribution is -2.66. The average molecular weight is 665 g/mol. The van der Waals surface area contributed by atoms with Crippen LogP contribution in [0.4, 0.5) is 5.69 Å². The molecule has 5 rings (SSSR count). The summed E-state index contributed by atoms with van der Waals surface area (Å²) >= 11 is 6.07. The summed E-state index contributed by atoms with van der Waals surface area (Å²) in [6.45, 7) is 2.54. The fourth-order valence-electron chi connectivity index (χ4n) is 5.62. The summed E-state index contributed by atoms with van der Waals surface area (Å²) in [6, 6.07) is 11.7. The Morgan fingerprint density at radius 2 is 1.66 bits per heavy atom. The van der Waals surface area contributed by atoms with Gasteiger partial charge in [-0.25, -0.2) is 17.4 Å². The molecule has 2 aliphatic heterocycles. The van der Waals surface area contributed by atoms with Crippen LogP contribution in [0.15, 0.2) is 65.8 Å². The van der Waals surface area contributed by atoms with Gasteiger partial charge >= 0.3 is 5.97 Å². The Balaban J connectivity index is 1.46. The Morgan fingerprint density at radius 3 is 2.32 bits per heavy atom. The number of aromatic nitrogens is 1. The lowest BCUT2D eigenvalue weighted by atomic mass is 9.94. The fourth-order valence-corrected chi connectivity index (χ4v) is 7.88. The Hall–Kier alpha value is -3.30. The van der Waals surface area contributed by atoms with Gasteiger partial charge in [0.05, 0.1) is 17.8 Å². The van der Waals surface area contributed by atoms with E-state index in [2.05, 4.69) is 9.88 Å². The van der Waals surface area contributed by atoms with Gasteiger partial charge in [-0.05, 0) is 72.9 Å². The Morgan fingerprint density at radius 1 is 1.00 bits per heavy atom. The molecule has 2 unspecified atom stereocenters. The van der Waals surface area contributed by atoms with Crippen LogP contribution in [0.5, 0.6) is 0 Å². The summed E-state index contributed by atoms with van der Waals surface area (Å²) in [6.07, 6.45) is 3.49. The number of ether oxygens (including phenoxy) is 1. The number of amides is 1. The predicted octanol–water partition coefficient (Wildman–Crippen LogP) is 2.87. The number of hydrogen-bond acceptors (Lipinski definition) is 10. The molecule has 3 aromatic rings. The summed E-state index contributed by atoms with van der Waals surface area (Å²) in [7, 11) is -8.86. The molecule has 0 bridgehead atoms. The topological polar surface area (TPSA) is 143 Å². The molecule has 1 aromatic heterocycles. The molecule has 0 spiro atoms. The van der Waals surface area contributed by atoms with Gasteiger partial charge in [0.2, 0.25) is 16.3 Å². The van der Waals surface area contributed by atoms with Crippen LogP contribution in [-0.2, 0) is 38.7 Å². The second-order valence-electron chi connectivity index (χ2n) is 10.8. The second kappa shape index (κ2) is 13.0. The Kier molecular flexibility index (Phi) is 9.47. The Bertz CT molecular complexity index is 1750. The van der Waals surface area contributed by atoms with Crippen molar-refractivity contribution in [2.75, 3.05) is 43.9 Å². The van der Waals surface area contributed by atoms with Crippen molar-refractivity contribution in [3.8, 4) is 0 Å². The molecule has 0 aliphatic carbocycles. The van der Waals surface area contributed by atoms with Gasteiger partial charge in [0, 0.05) is 49.3 Å². The first-order chi connectivity index (χ1) is 20.9. The molecular formula is C29H33ClN4O8S2. The van der Waals surface area contributed by atoms with E-state index in [0.717, 1.165) is 11.9 Å². The highest BCUT2D eigenvalue weighted by Gasteiger charge is 2.51. The van der Waals surface area contributed by atoms with Crippen LogP contribution in [0.25, 0.3) is 10.8 Å². The van der Waals surface area contributed by atoms with Gasteiger partial charge in [-0.2, -0.15) is 12.7 Å². The number of benzene rings is 2. The number of nitrogens with zero attached hydrogens (tertiary/aromatic N) is 4. The van der Waals surface area contributed by atoms with Crippen molar-refractivity contribution in [1.29, 1.82) is 0 Å². The molecule has 2 fully saturated rings. The van der Waals surface area contributed by atoms with Crippen LogP contribution in [0.1, 0.15) is 19.8 Å². The molecule has 2 atom stereocenters. The number of esters is 1. The first kappa shape index (κ1) is 32.1. The largest absolute Gasteiger partial charge is 0.464 e. The molecule has 12 nitrogen and oxygen atoms in total. The number of sulfonamides is 1. The van der Waals surface area contributed by atoms with Crippen molar-refractivity contribution in [1.82, 2.24) is 14.2 Å². The van der Waals surface area contributed by atoms with Crippen molar-refractivity contribution in [3.63, 3.8) is 0 Å². The summed E-state index contributed by atoms with van der Waals surface area (Å²) in [5, 5.41) is 1.71. The van der Waals surface area contributed by atoms with E-state index in [-0.39, 0.29) is 24.0 Å². The van der Waals surface area contributed by atoms with Crippen molar-refractivity contribution in [3.05, 3.63) is 65.9 Å². The molecule has 2 aromatic carbocycles. The van der Waals surface area contributed by atoms with Crippen LogP contribution < -0.4 is 4.90 Å². The minimum Gasteiger partial charge on any atom is -0.464 e. The third kappa shape index (κ3) is 6.99. The van der Waals surface area contributed by atoms with E-state index in [4.69, 9.17) is 20.5 Å². The minimum absolute atomic E-state index is 0.00490. The predicted molar refractivity (Wildman–Crippen MR) is 164 cm³/mol. The van der Waals surface area contributed by atoms with E-state index in [1.54, 1.807) is 43.6 Å². The third-order valence-corrected chi connectivity index (χ3v) is 10.4. The van der Waals surface area contributed by atoms with Gasteiger partial charge in [0.25, 0.3) is 16.0 Å². The van der Waals surface area contributed by atoms with Gasteiger partial charge in [-0.15, -0.1) is 0 Å². The highest BCUT2D eigenvalue weighted by Crippen LogP contribution is 2.32. The lowest BCUT2D eigenvalue weighted by Gasteiger charge is -2.44. The number of carbonyl (C=O) groups excluding carboxylic acids is 2. The molecule has 0 N–H and O–H groups in total. The quantitative estimate of drug-likeness (QED) is 0.247. The first-order valence-electron chi connectivity index (χ1n) is 14.1. The van der Waals surface area contributed by atoms with E-state index in [1.807, 2.05) is 12.1 Å². The average Bonchev–Trinajstić information content (AvgIpc) is 2.99. The maximum atomic E-state index is 14.0. The molecule has 0 radical (unpaired) electrons. The minimum atomic E-state index is -4.55. The van der Waals surface area contributed by atoms with Crippen molar-refractivity contribution in [2.24, 2.45) is 5.92 Å².